The number of amides is 2. The summed E-state index contributed by atoms with van der Waals surface area (Å²) >= 11 is 0. The van der Waals surface area contributed by atoms with E-state index in [2.05, 4.69) is 17.5 Å². The van der Waals surface area contributed by atoms with E-state index in [1.54, 1.807) is 0 Å². The van der Waals surface area contributed by atoms with E-state index in [0.29, 0.717) is 0 Å². The molecule has 4 saturated carbocycles. The summed E-state index contributed by atoms with van der Waals surface area (Å²) in [5, 5.41) is 4.21. The summed E-state index contributed by atoms with van der Waals surface area (Å²) in [6, 6.07) is -0.561. The maximum absolute atomic E-state index is 10.7. The van der Waals surface area contributed by atoms with E-state index in [1.165, 1.54) is 38.5 Å². The van der Waals surface area contributed by atoms with Crippen LogP contribution in [0.4, 0.5) is 4.79 Å². The van der Waals surface area contributed by atoms with Crippen molar-refractivity contribution in [2.24, 2.45) is 34.0 Å². The molecule has 0 heterocycles. The van der Waals surface area contributed by atoms with Gasteiger partial charge < -0.3 is 5.73 Å². The number of hydrogen-bond donors (Lipinski definition) is 2. The third kappa shape index (κ3) is 1.83. The van der Waals surface area contributed by atoms with E-state index in [9.17, 15) is 4.79 Å². The van der Waals surface area contributed by atoms with E-state index in [0.717, 1.165) is 23.5 Å². The van der Waals surface area contributed by atoms with Crippen LogP contribution >= 0.6 is 0 Å². The molecular weight excluding hydrogens is 214 g/mol. The van der Waals surface area contributed by atoms with Crippen molar-refractivity contribution in [3.05, 3.63) is 0 Å². The number of primary amides is 1. The standard InChI is InChI=1S/C13H21N3O/c1-8(15-16-12(14)17)13-5-9-2-10(6-13)4-11(3-9)7-13/h9-11H,2-7H2,1H3,(H3,14,16,17)/b15-8-. The Labute approximate surface area is 102 Å². The fraction of sp³-hybridized carbons (Fsp3) is 0.846. The SMILES string of the molecule is C/C(=N/NC(N)=O)C12CC3CC(CC(C3)C1)C2. The van der Waals surface area contributed by atoms with Crippen molar-refractivity contribution < 1.29 is 4.79 Å². The van der Waals surface area contributed by atoms with Crippen LogP contribution in [0, 0.1) is 23.2 Å². The van der Waals surface area contributed by atoms with Crippen LogP contribution in [0.15, 0.2) is 5.10 Å². The minimum atomic E-state index is -0.561. The number of nitrogens with zero attached hydrogens (tertiary/aromatic N) is 1. The second-order valence-corrected chi connectivity index (χ2v) is 6.37. The van der Waals surface area contributed by atoms with Crippen molar-refractivity contribution in [1.82, 2.24) is 5.43 Å². The van der Waals surface area contributed by atoms with E-state index in [-0.39, 0.29) is 5.41 Å². The Bertz CT molecular complexity index is 340. The lowest BCUT2D eigenvalue weighted by Crippen LogP contribution is -2.49. The first-order valence-corrected chi connectivity index (χ1v) is 6.67. The van der Waals surface area contributed by atoms with Crippen LogP contribution in [0.25, 0.3) is 0 Å². The summed E-state index contributed by atoms with van der Waals surface area (Å²) in [6.07, 6.45) is 8.10. The smallest absolute Gasteiger partial charge is 0.332 e. The Morgan fingerprint density at radius 3 is 2.06 bits per heavy atom. The quantitative estimate of drug-likeness (QED) is 0.559. The summed E-state index contributed by atoms with van der Waals surface area (Å²) in [5.74, 6) is 2.71. The van der Waals surface area contributed by atoms with Gasteiger partial charge in [0.2, 0.25) is 0 Å². The molecule has 4 nitrogen and oxygen atoms in total. The van der Waals surface area contributed by atoms with E-state index in [1.807, 2.05) is 0 Å². The maximum Gasteiger partial charge on any atom is 0.332 e. The van der Waals surface area contributed by atoms with E-state index < -0.39 is 6.03 Å². The molecule has 4 aliphatic rings. The average Bonchev–Trinajstić information content (AvgIpc) is 2.23. The summed E-state index contributed by atoms with van der Waals surface area (Å²) in [6.45, 7) is 2.06. The molecule has 17 heavy (non-hydrogen) atoms. The lowest BCUT2D eigenvalue weighted by molar-refractivity contribution is -0.0128. The Kier molecular flexibility index (Phi) is 2.42. The van der Waals surface area contributed by atoms with Gasteiger partial charge in [0.1, 0.15) is 0 Å². The molecule has 4 fully saturated rings. The second kappa shape index (κ2) is 3.72. The predicted molar refractivity (Wildman–Crippen MR) is 66.4 cm³/mol. The van der Waals surface area contributed by atoms with Gasteiger partial charge in [-0.1, -0.05) is 0 Å². The van der Waals surface area contributed by atoms with Gasteiger partial charge in [-0.2, -0.15) is 5.10 Å². The molecule has 4 aliphatic carbocycles. The fourth-order valence-electron chi connectivity index (χ4n) is 4.81. The molecule has 0 aliphatic heterocycles. The number of hydrogen-bond acceptors (Lipinski definition) is 2. The van der Waals surface area contributed by atoms with Crippen molar-refractivity contribution in [3.63, 3.8) is 0 Å². The molecule has 0 aromatic heterocycles. The van der Waals surface area contributed by atoms with Crippen molar-refractivity contribution in [3.8, 4) is 0 Å². The number of rotatable bonds is 2. The fourth-order valence-corrected chi connectivity index (χ4v) is 4.81. The van der Waals surface area contributed by atoms with Gasteiger partial charge in [-0.3, -0.25) is 0 Å². The van der Waals surface area contributed by atoms with Crippen molar-refractivity contribution in [2.75, 3.05) is 0 Å². The van der Waals surface area contributed by atoms with Crippen molar-refractivity contribution in [1.29, 1.82) is 0 Å². The first-order chi connectivity index (χ1) is 8.07. The third-order valence-corrected chi connectivity index (χ3v) is 5.14. The van der Waals surface area contributed by atoms with Crippen LogP contribution in [0.3, 0.4) is 0 Å². The van der Waals surface area contributed by atoms with Crippen molar-refractivity contribution >= 4 is 11.7 Å². The van der Waals surface area contributed by atoms with Crippen LogP contribution in [0.5, 0.6) is 0 Å². The molecule has 4 bridgehead atoms. The van der Waals surface area contributed by atoms with Gasteiger partial charge in [0, 0.05) is 11.1 Å². The average molecular weight is 235 g/mol. The Hall–Kier alpha value is -1.06. The summed E-state index contributed by atoms with van der Waals surface area (Å²) in [5.41, 5.74) is 8.84. The predicted octanol–water partition coefficient (Wildman–Crippen LogP) is 2.25. The number of hydrazone groups is 1. The molecule has 3 N–H and O–H groups in total. The van der Waals surface area contributed by atoms with Crippen LogP contribution in [0.2, 0.25) is 0 Å². The van der Waals surface area contributed by atoms with Gasteiger partial charge in [0.25, 0.3) is 0 Å². The van der Waals surface area contributed by atoms with Crippen molar-refractivity contribution in [2.45, 2.75) is 45.4 Å². The zero-order valence-electron chi connectivity index (χ0n) is 10.4. The molecule has 0 spiro atoms. The molecule has 0 radical (unpaired) electrons. The number of carbonyl (C=O) groups is 1. The minimum absolute atomic E-state index is 0.275. The Morgan fingerprint density at radius 2 is 1.65 bits per heavy atom. The van der Waals surface area contributed by atoms with Crippen LogP contribution in [-0.4, -0.2) is 11.7 Å². The molecular formula is C13H21N3O. The monoisotopic (exact) mass is 235 g/mol. The molecule has 0 unspecified atom stereocenters. The van der Waals surface area contributed by atoms with Crippen LogP contribution in [-0.2, 0) is 0 Å². The zero-order valence-corrected chi connectivity index (χ0v) is 10.4. The summed E-state index contributed by atoms with van der Waals surface area (Å²) < 4.78 is 0. The number of nitrogens with one attached hydrogen (secondary N) is 1. The van der Waals surface area contributed by atoms with Gasteiger partial charge in [-0.05, 0) is 63.2 Å². The van der Waals surface area contributed by atoms with Crippen LogP contribution < -0.4 is 11.2 Å². The molecule has 0 atom stereocenters. The highest BCUT2D eigenvalue weighted by atomic mass is 16.2. The maximum atomic E-state index is 10.7. The highest BCUT2D eigenvalue weighted by Crippen LogP contribution is 2.60. The van der Waals surface area contributed by atoms with E-state index in [4.69, 9.17) is 5.73 Å². The van der Waals surface area contributed by atoms with Gasteiger partial charge in [0.15, 0.2) is 0 Å². The molecule has 4 heteroatoms. The molecule has 94 valence electrons. The number of carbonyl (C=O) groups excluding carboxylic acids is 1. The zero-order chi connectivity index (χ0) is 12.0. The Balaban J connectivity index is 1.81. The van der Waals surface area contributed by atoms with Gasteiger partial charge in [0.05, 0.1) is 0 Å². The number of nitrogens with two attached hydrogens (primary N) is 1. The molecule has 0 aromatic carbocycles. The normalized spacial score (nSPS) is 43.8. The van der Waals surface area contributed by atoms with Gasteiger partial charge in [-0.15, -0.1) is 0 Å². The van der Waals surface area contributed by atoms with Gasteiger partial charge in [-0.25, -0.2) is 10.2 Å². The molecule has 2 amide bonds. The van der Waals surface area contributed by atoms with Gasteiger partial charge >= 0.3 is 6.03 Å². The summed E-state index contributed by atoms with van der Waals surface area (Å²) in [7, 11) is 0. The first-order valence-electron chi connectivity index (χ1n) is 6.67. The lowest BCUT2D eigenvalue weighted by Gasteiger charge is -2.56. The second-order valence-electron chi connectivity index (χ2n) is 6.37. The molecule has 0 aromatic rings. The van der Waals surface area contributed by atoms with E-state index >= 15 is 0 Å². The molecule has 4 rings (SSSR count). The largest absolute Gasteiger partial charge is 0.350 e. The third-order valence-electron chi connectivity index (χ3n) is 5.14. The Morgan fingerprint density at radius 1 is 1.18 bits per heavy atom. The minimum Gasteiger partial charge on any atom is -0.350 e. The van der Waals surface area contributed by atoms with Crippen LogP contribution in [0.1, 0.15) is 45.4 Å². The highest BCUT2D eigenvalue weighted by Gasteiger charge is 2.52. The first kappa shape index (κ1) is 11.1. The topological polar surface area (TPSA) is 67.5 Å². The number of urea groups is 1. The molecule has 0 saturated heterocycles. The highest BCUT2D eigenvalue weighted by molar-refractivity contribution is 5.89. The summed E-state index contributed by atoms with van der Waals surface area (Å²) in [4.78, 5) is 10.7. The lowest BCUT2D eigenvalue weighted by atomic mass is 9.48.